The standard InChI is InChI=1S/C16H18N8O3S3/c1-9-7-11(21-27-9)17-12(25)8-28-16-20-19-15(29-16)24-5-3-23(4-6-24)14(26)13-10(2)18-22-30-13/h7H,3-6,8H2,1-2H3,(H,17,21,25). The lowest BCUT2D eigenvalue weighted by Crippen LogP contribution is -2.48. The van der Waals surface area contributed by atoms with Crippen molar-refractivity contribution in [2.24, 2.45) is 0 Å². The molecule has 0 atom stereocenters. The van der Waals surface area contributed by atoms with Crippen molar-refractivity contribution in [2.75, 3.05) is 42.1 Å². The van der Waals surface area contributed by atoms with Crippen LogP contribution in [0.3, 0.4) is 0 Å². The predicted octanol–water partition coefficient (Wildman–Crippen LogP) is 1.69. The van der Waals surface area contributed by atoms with Crippen molar-refractivity contribution >= 4 is 57.4 Å². The van der Waals surface area contributed by atoms with Crippen molar-refractivity contribution in [1.82, 2.24) is 29.8 Å². The second-order valence-electron chi connectivity index (χ2n) is 6.48. The monoisotopic (exact) mass is 466 g/mol. The number of anilines is 2. The molecule has 0 bridgehead atoms. The highest BCUT2D eigenvalue weighted by atomic mass is 32.2. The molecular formula is C16H18N8O3S3. The van der Waals surface area contributed by atoms with Crippen LogP contribution in [0.15, 0.2) is 14.9 Å². The molecule has 158 valence electrons. The normalized spacial score (nSPS) is 14.2. The van der Waals surface area contributed by atoms with E-state index in [4.69, 9.17) is 4.52 Å². The average molecular weight is 467 g/mol. The Balaban J connectivity index is 1.26. The Bertz CT molecular complexity index is 1040. The lowest BCUT2D eigenvalue weighted by molar-refractivity contribution is -0.113. The molecule has 1 aliphatic heterocycles. The summed E-state index contributed by atoms with van der Waals surface area (Å²) in [5.74, 6) is 1.01. The second-order valence-corrected chi connectivity index (χ2v) is 9.41. The molecule has 4 heterocycles. The van der Waals surface area contributed by atoms with E-state index in [0.29, 0.717) is 52.7 Å². The third-order valence-electron chi connectivity index (χ3n) is 4.30. The van der Waals surface area contributed by atoms with Crippen LogP contribution in [0.2, 0.25) is 0 Å². The summed E-state index contributed by atoms with van der Waals surface area (Å²) < 4.78 is 9.47. The Morgan fingerprint density at radius 2 is 2.00 bits per heavy atom. The van der Waals surface area contributed by atoms with E-state index >= 15 is 0 Å². The van der Waals surface area contributed by atoms with E-state index in [1.807, 2.05) is 4.90 Å². The first-order valence-electron chi connectivity index (χ1n) is 9.02. The van der Waals surface area contributed by atoms with Crippen LogP contribution < -0.4 is 10.2 Å². The summed E-state index contributed by atoms with van der Waals surface area (Å²) in [4.78, 5) is 29.1. The molecule has 3 aromatic rings. The van der Waals surface area contributed by atoms with E-state index < -0.39 is 0 Å². The number of nitrogens with one attached hydrogen (secondary N) is 1. The molecule has 3 aromatic heterocycles. The Morgan fingerprint density at radius 1 is 1.20 bits per heavy atom. The van der Waals surface area contributed by atoms with Crippen molar-refractivity contribution in [3.63, 3.8) is 0 Å². The fourth-order valence-electron chi connectivity index (χ4n) is 2.79. The molecule has 0 aliphatic carbocycles. The van der Waals surface area contributed by atoms with Crippen LogP contribution in [0.4, 0.5) is 10.9 Å². The Labute approximate surface area is 184 Å². The minimum atomic E-state index is -0.190. The molecule has 1 N–H and O–H groups in total. The summed E-state index contributed by atoms with van der Waals surface area (Å²) in [5.41, 5.74) is 0.668. The van der Waals surface area contributed by atoms with Gasteiger partial charge in [-0.25, -0.2) is 0 Å². The maximum absolute atomic E-state index is 12.6. The number of piperazine rings is 1. The molecular weight excluding hydrogens is 448 g/mol. The van der Waals surface area contributed by atoms with Gasteiger partial charge in [0.1, 0.15) is 10.6 Å². The number of amides is 2. The van der Waals surface area contributed by atoms with Crippen LogP contribution >= 0.6 is 34.6 Å². The fourth-order valence-corrected chi connectivity index (χ4v) is 5.11. The van der Waals surface area contributed by atoms with E-state index in [9.17, 15) is 9.59 Å². The summed E-state index contributed by atoms with van der Waals surface area (Å²) in [7, 11) is 0. The van der Waals surface area contributed by atoms with Gasteiger partial charge in [0, 0.05) is 32.2 Å². The SMILES string of the molecule is Cc1cc(NC(=O)CSc2nnc(N3CCN(C(=O)c4snnc4C)CC3)s2)no1. The topological polar surface area (TPSA) is 130 Å². The lowest BCUT2D eigenvalue weighted by atomic mass is 10.3. The number of aromatic nitrogens is 5. The number of rotatable bonds is 6. The van der Waals surface area contributed by atoms with E-state index in [1.165, 1.54) is 23.1 Å². The molecule has 0 saturated carbocycles. The van der Waals surface area contributed by atoms with Crippen LogP contribution in [0, 0.1) is 13.8 Å². The van der Waals surface area contributed by atoms with Crippen LogP contribution in [0.25, 0.3) is 0 Å². The molecule has 1 aliphatic rings. The van der Waals surface area contributed by atoms with Gasteiger partial charge < -0.3 is 19.6 Å². The predicted molar refractivity (Wildman–Crippen MR) is 113 cm³/mol. The number of nitrogens with zero attached hydrogens (tertiary/aromatic N) is 7. The van der Waals surface area contributed by atoms with E-state index in [-0.39, 0.29) is 17.6 Å². The number of hydrogen-bond donors (Lipinski definition) is 1. The molecule has 11 nitrogen and oxygen atoms in total. The van der Waals surface area contributed by atoms with Gasteiger partial charge in [0.2, 0.25) is 11.0 Å². The highest BCUT2D eigenvalue weighted by molar-refractivity contribution is 8.01. The summed E-state index contributed by atoms with van der Waals surface area (Å²) in [6.45, 7) is 6.08. The van der Waals surface area contributed by atoms with Gasteiger partial charge in [-0.15, -0.1) is 15.3 Å². The number of carbonyl (C=O) groups is 2. The fraction of sp³-hybridized carbons (Fsp3) is 0.438. The lowest BCUT2D eigenvalue weighted by Gasteiger charge is -2.34. The summed E-state index contributed by atoms with van der Waals surface area (Å²) >= 11 is 3.88. The van der Waals surface area contributed by atoms with Crippen LogP contribution in [-0.4, -0.2) is 73.6 Å². The summed E-state index contributed by atoms with van der Waals surface area (Å²) in [6, 6.07) is 1.66. The van der Waals surface area contributed by atoms with Gasteiger partial charge in [0.05, 0.1) is 11.4 Å². The number of carbonyl (C=O) groups excluding carboxylic acids is 2. The second kappa shape index (κ2) is 9.06. The van der Waals surface area contributed by atoms with Gasteiger partial charge >= 0.3 is 0 Å². The third-order valence-corrected chi connectivity index (χ3v) is 7.23. The van der Waals surface area contributed by atoms with Crippen molar-refractivity contribution in [3.05, 3.63) is 22.4 Å². The molecule has 30 heavy (non-hydrogen) atoms. The zero-order valence-electron chi connectivity index (χ0n) is 16.2. The van der Waals surface area contributed by atoms with Crippen molar-refractivity contribution in [1.29, 1.82) is 0 Å². The number of hydrogen-bond acceptors (Lipinski definition) is 12. The Hall–Kier alpha value is -2.58. The molecule has 0 aromatic carbocycles. The minimum absolute atomic E-state index is 0.0241. The molecule has 4 rings (SSSR count). The van der Waals surface area contributed by atoms with E-state index in [1.54, 1.807) is 19.9 Å². The van der Waals surface area contributed by atoms with Gasteiger partial charge in [-0.2, -0.15) is 0 Å². The largest absolute Gasteiger partial charge is 0.360 e. The molecule has 0 radical (unpaired) electrons. The van der Waals surface area contributed by atoms with E-state index in [0.717, 1.165) is 16.7 Å². The minimum Gasteiger partial charge on any atom is -0.360 e. The quantitative estimate of drug-likeness (QED) is 0.535. The smallest absolute Gasteiger partial charge is 0.267 e. The van der Waals surface area contributed by atoms with Crippen LogP contribution in [0.1, 0.15) is 21.1 Å². The van der Waals surface area contributed by atoms with Crippen molar-refractivity contribution < 1.29 is 14.1 Å². The zero-order valence-corrected chi connectivity index (χ0v) is 18.6. The van der Waals surface area contributed by atoms with Gasteiger partial charge in [0.25, 0.3) is 5.91 Å². The summed E-state index contributed by atoms with van der Waals surface area (Å²) in [5, 5.41) is 19.5. The van der Waals surface area contributed by atoms with Crippen LogP contribution in [0.5, 0.6) is 0 Å². The molecule has 14 heteroatoms. The Kier molecular flexibility index (Phi) is 6.24. The highest BCUT2D eigenvalue weighted by Gasteiger charge is 2.26. The average Bonchev–Trinajstić information content (AvgIpc) is 3.48. The van der Waals surface area contributed by atoms with E-state index in [2.05, 4.69) is 35.2 Å². The Morgan fingerprint density at radius 3 is 2.67 bits per heavy atom. The first kappa shape index (κ1) is 20.7. The molecule has 1 saturated heterocycles. The molecule has 0 spiro atoms. The zero-order chi connectivity index (χ0) is 21.1. The third kappa shape index (κ3) is 4.76. The first-order chi connectivity index (χ1) is 14.5. The van der Waals surface area contributed by atoms with Crippen molar-refractivity contribution in [2.45, 2.75) is 18.2 Å². The molecule has 0 unspecified atom stereocenters. The number of thioether (sulfide) groups is 1. The summed E-state index contributed by atoms with van der Waals surface area (Å²) in [6.07, 6.45) is 0. The van der Waals surface area contributed by atoms with Gasteiger partial charge in [-0.3, -0.25) is 9.59 Å². The number of aryl methyl sites for hydroxylation is 2. The van der Waals surface area contributed by atoms with Gasteiger partial charge in [-0.1, -0.05) is 32.7 Å². The highest BCUT2D eigenvalue weighted by Crippen LogP contribution is 2.29. The van der Waals surface area contributed by atoms with Crippen LogP contribution in [-0.2, 0) is 4.79 Å². The maximum Gasteiger partial charge on any atom is 0.267 e. The maximum atomic E-state index is 12.6. The first-order valence-corrected chi connectivity index (χ1v) is 11.6. The molecule has 1 fully saturated rings. The van der Waals surface area contributed by atoms with Gasteiger partial charge in [0.15, 0.2) is 10.2 Å². The molecule has 2 amide bonds. The van der Waals surface area contributed by atoms with Crippen molar-refractivity contribution in [3.8, 4) is 0 Å². The van der Waals surface area contributed by atoms with Gasteiger partial charge in [-0.05, 0) is 25.4 Å².